The molecule has 0 aliphatic heterocycles. The van der Waals surface area contributed by atoms with E-state index in [1.54, 1.807) is 25.1 Å². The molecule has 1 aromatic rings. The number of hydrogen-bond donors (Lipinski definition) is 1. The van der Waals surface area contributed by atoms with Gasteiger partial charge in [-0.3, -0.25) is 4.79 Å². The Hall–Kier alpha value is -1.75. The van der Waals surface area contributed by atoms with Crippen LogP contribution in [-0.2, 0) is 9.59 Å². The van der Waals surface area contributed by atoms with Gasteiger partial charge in [0.05, 0.1) is 0 Å². The lowest BCUT2D eigenvalue weighted by molar-refractivity contribution is -0.148. The monoisotopic (exact) mass is 285 g/mol. The van der Waals surface area contributed by atoms with Crippen molar-refractivity contribution in [1.29, 1.82) is 0 Å². The van der Waals surface area contributed by atoms with Gasteiger partial charge in [-0.1, -0.05) is 17.7 Å². The van der Waals surface area contributed by atoms with E-state index in [1.165, 1.54) is 14.0 Å². The third kappa shape index (κ3) is 3.86. The second-order valence-corrected chi connectivity index (χ2v) is 4.58. The Morgan fingerprint density at radius 3 is 2.68 bits per heavy atom. The molecule has 0 aliphatic rings. The normalized spacial score (nSPS) is 11.8. The van der Waals surface area contributed by atoms with Gasteiger partial charge in [-0.15, -0.1) is 0 Å². The van der Waals surface area contributed by atoms with Crippen LogP contribution in [-0.4, -0.2) is 41.6 Å². The number of nitrogens with zero attached hydrogens (tertiary/aromatic N) is 1. The van der Waals surface area contributed by atoms with Crippen LogP contribution in [0.3, 0.4) is 0 Å². The van der Waals surface area contributed by atoms with Crippen molar-refractivity contribution in [2.45, 2.75) is 19.9 Å². The number of carbonyl (C=O) groups excluding carboxylic acids is 1. The van der Waals surface area contributed by atoms with Crippen molar-refractivity contribution in [2.24, 2.45) is 0 Å². The Morgan fingerprint density at radius 2 is 2.11 bits per heavy atom. The second-order valence-electron chi connectivity index (χ2n) is 4.17. The van der Waals surface area contributed by atoms with Gasteiger partial charge in [0.15, 0.2) is 6.61 Å². The van der Waals surface area contributed by atoms with Gasteiger partial charge in [0.1, 0.15) is 11.8 Å². The molecule has 1 atom stereocenters. The van der Waals surface area contributed by atoms with Crippen molar-refractivity contribution in [3.05, 3.63) is 28.8 Å². The van der Waals surface area contributed by atoms with Crippen molar-refractivity contribution >= 4 is 23.5 Å². The Kier molecular flexibility index (Phi) is 5.18. The first-order valence-electron chi connectivity index (χ1n) is 5.71. The van der Waals surface area contributed by atoms with E-state index in [0.717, 1.165) is 10.5 Å². The molecule has 19 heavy (non-hydrogen) atoms. The zero-order valence-corrected chi connectivity index (χ0v) is 11.8. The molecule has 0 saturated carbocycles. The molecule has 0 aliphatic carbocycles. The van der Waals surface area contributed by atoms with Crippen LogP contribution in [0.5, 0.6) is 5.75 Å². The summed E-state index contributed by atoms with van der Waals surface area (Å²) in [6.45, 7) is 2.99. The summed E-state index contributed by atoms with van der Waals surface area (Å²) in [5.74, 6) is -0.957. The van der Waals surface area contributed by atoms with Gasteiger partial charge in [0.25, 0.3) is 5.91 Å². The maximum absolute atomic E-state index is 11.8. The number of amides is 1. The molecule has 6 heteroatoms. The first-order chi connectivity index (χ1) is 8.84. The number of carboxylic acids is 1. The van der Waals surface area contributed by atoms with E-state index in [2.05, 4.69) is 0 Å². The number of rotatable bonds is 5. The van der Waals surface area contributed by atoms with E-state index in [-0.39, 0.29) is 6.61 Å². The summed E-state index contributed by atoms with van der Waals surface area (Å²) >= 11 is 5.93. The van der Waals surface area contributed by atoms with E-state index >= 15 is 0 Å². The molecular weight excluding hydrogens is 270 g/mol. The van der Waals surface area contributed by atoms with Gasteiger partial charge in [0.2, 0.25) is 0 Å². The molecule has 0 heterocycles. The average Bonchev–Trinajstić information content (AvgIpc) is 2.38. The van der Waals surface area contributed by atoms with E-state index < -0.39 is 17.9 Å². The summed E-state index contributed by atoms with van der Waals surface area (Å²) in [4.78, 5) is 23.7. The molecule has 0 saturated heterocycles. The first kappa shape index (κ1) is 15.3. The SMILES string of the molecule is Cc1c(Cl)cccc1OCC(=O)N(C)C(C)C(=O)O. The largest absolute Gasteiger partial charge is 0.483 e. The van der Waals surface area contributed by atoms with Gasteiger partial charge in [0, 0.05) is 17.6 Å². The number of carboxylic acid groups (broad SMARTS) is 1. The highest BCUT2D eigenvalue weighted by Crippen LogP contribution is 2.24. The van der Waals surface area contributed by atoms with Gasteiger partial charge < -0.3 is 14.7 Å². The number of likely N-dealkylation sites (N-methyl/N-ethyl adjacent to an activating group) is 1. The minimum Gasteiger partial charge on any atom is -0.483 e. The number of ether oxygens (including phenoxy) is 1. The fraction of sp³-hybridized carbons (Fsp3) is 0.385. The number of benzene rings is 1. The molecule has 0 fully saturated rings. The summed E-state index contributed by atoms with van der Waals surface area (Å²) in [6, 6.07) is 4.26. The molecule has 1 unspecified atom stereocenters. The zero-order valence-electron chi connectivity index (χ0n) is 11.0. The molecule has 0 bridgehead atoms. The zero-order chi connectivity index (χ0) is 14.6. The van der Waals surface area contributed by atoms with E-state index in [4.69, 9.17) is 21.4 Å². The lowest BCUT2D eigenvalue weighted by Gasteiger charge is -2.21. The summed E-state index contributed by atoms with van der Waals surface area (Å²) in [7, 11) is 1.43. The molecule has 0 spiro atoms. The minimum absolute atomic E-state index is 0.227. The number of hydrogen-bond acceptors (Lipinski definition) is 3. The average molecular weight is 286 g/mol. The highest BCUT2D eigenvalue weighted by molar-refractivity contribution is 6.31. The van der Waals surface area contributed by atoms with Gasteiger partial charge in [-0.25, -0.2) is 4.79 Å². The van der Waals surface area contributed by atoms with Crippen molar-refractivity contribution < 1.29 is 19.4 Å². The second kappa shape index (κ2) is 6.43. The van der Waals surface area contributed by atoms with Crippen molar-refractivity contribution in [2.75, 3.05) is 13.7 Å². The fourth-order valence-corrected chi connectivity index (χ4v) is 1.53. The van der Waals surface area contributed by atoms with Crippen molar-refractivity contribution in [3.63, 3.8) is 0 Å². The van der Waals surface area contributed by atoms with Crippen LogP contribution in [0, 0.1) is 6.92 Å². The quantitative estimate of drug-likeness (QED) is 0.898. The smallest absolute Gasteiger partial charge is 0.326 e. The lowest BCUT2D eigenvalue weighted by atomic mass is 10.2. The Bertz CT molecular complexity index is 490. The predicted octanol–water partition coefficient (Wildman–Crippen LogP) is 1.96. The highest BCUT2D eigenvalue weighted by atomic mass is 35.5. The number of carbonyl (C=O) groups is 2. The molecule has 0 aromatic heterocycles. The van der Waals surface area contributed by atoms with Crippen LogP contribution >= 0.6 is 11.6 Å². The Balaban J connectivity index is 2.64. The van der Waals surface area contributed by atoms with Gasteiger partial charge >= 0.3 is 5.97 Å². The highest BCUT2D eigenvalue weighted by Gasteiger charge is 2.22. The summed E-state index contributed by atoms with van der Waals surface area (Å²) < 4.78 is 5.36. The molecule has 1 rings (SSSR count). The Morgan fingerprint density at radius 1 is 1.47 bits per heavy atom. The molecule has 104 valence electrons. The maximum atomic E-state index is 11.8. The fourth-order valence-electron chi connectivity index (χ4n) is 1.37. The standard InChI is InChI=1S/C13H16ClNO4/c1-8-10(14)5-4-6-11(8)19-7-12(16)15(3)9(2)13(17)18/h4-6,9H,7H2,1-3H3,(H,17,18). The van der Waals surface area contributed by atoms with Crippen LogP contribution in [0.2, 0.25) is 5.02 Å². The minimum atomic E-state index is -1.06. The third-order valence-corrected chi connectivity index (χ3v) is 3.31. The van der Waals surface area contributed by atoms with Gasteiger partial charge in [-0.05, 0) is 26.0 Å². The molecule has 1 aromatic carbocycles. The number of halogens is 1. The molecular formula is C13H16ClNO4. The van der Waals surface area contributed by atoms with Crippen LogP contribution in [0.25, 0.3) is 0 Å². The van der Waals surface area contributed by atoms with E-state index in [9.17, 15) is 9.59 Å². The first-order valence-corrected chi connectivity index (χ1v) is 6.08. The van der Waals surface area contributed by atoms with Crippen LogP contribution in [0.4, 0.5) is 0 Å². The topological polar surface area (TPSA) is 66.8 Å². The van der Waals surface area contributed by atoms with E-state index in [0.29, 0.717) is 10.8 Å². The molecule has 1 N–H and O–H groups in total. The van der Waals surface area contributed by atoms with Crippen LogP contribution in [0.1, 0.15) is 12.5 Å². The van der Waals surface area contributed by atoms with Gasteiger partial charge in [-0.2, -0.15) is 0 Å². The number of aliphatic carboxylic acids is 1. The summed E-state index contributed by atoms with van der Waals surface area (Å²) in [5, 5.41) is 9.37. The van der Waals surface area contributed by atoms with E-state index in [1.807, 2.05) is 0 Å². The summed E-state index contributed by atoms with van der Waals surface area (Å²) in [5.41, 5.74) is 0.742. The Labute approximate surface area is 116 Å². The molecule has 5 nitrogen and oxygen atoms in total. The van der Waals surface area contributed by atoms with Crippen LogP contribution < -0.4 is 4.74 Å². The third-order valence-electron chi connectivity index (χ3n) is 2.90. The summed E-state index contributed by atoms with van der Waals surface area (Å²) in [6.07, 6.45) is 0. The van der Waals surface area contributed by atoms with Crippen LogP contribution in [0.15, 0.2) is 18.2 Å². The molecule has 0 radical (unpaired) electrons. The van der Waals surface area contributed by atoms with Crippen molar-refractivity contribution in [1.82, 2.24) is 4.90 Å². The lowest BCUT2D eigenvalue weighted by Crippen LogP contribution is -2.42. The van der Waals surface area contributed by atoms with Crippen molar-refractivity contribution in [3.8, 4) is 5.75 Å². The maximum Gasteiger partial charge on any atom is 0.326 e. The molecule has 1 amide bonds. The predicted molar refractivity (Wildman–Crippen MR) is 71.6 cm³/mol.